The molecule has 162 valence electrons. The molecule has 0 N–H and O–H groups in total. The molecular weight excluding hydrogens is 425 g/mol. The summed E-state index contributed by atoms with van der Waals surface area (Å²) in [7, 11) is -1.48. The Morgan fingerprint density at radius 1 is 0.900 bits per heavy atom. The number of amides is 1. The highest BCUT2D eigenvalue weighted by Gasteiger charge is 2.33. The Labute approximate surface area is 171 Å². The predicted molar refractivity (Wildman–Crippen MR) is 101 cm³/mol. The molecule has 0 bridgehead atoms. The third kappa shape index (κ3) is 3.94. The van der Waals surface area contributed by atoms with E-state index >= 15 is 0 Å². The maximum Gasteiger partial charge on any atom is 0.254 e. The average Bonchev–Trinajstić information content (AvgIpc) is 2.76. The van der Waals surface area contributed by atoms with Crippen LogP contribution in [0.4, 0.5) is 13.2 Å². The number of rotatable bonds is 5. The number of sulfonamides is 1. The zero-order valence-corrected chi connectivity index (χ0v) is 17.0. The van der Waals surface area contributed by atoms with E-state index in [2.05, 4.69) is 0 Å². The number of carbonyl (C=O) groups is 1. The lowest BCUT2D eigenvalue weighted by atomic mass is 10.1. The van der Waals surface area contributed by atoms with Crippen molar-refractivity contribution in [3.63, 3.8) is 0 Å². The Hall–Kier alpha value is -2.79. The van der Waals surface area contributed by atoms with Crippen LogP contribution < -0.4 is 9.47 Å². The number of benzene rings is 2. The summed E-state index contributed by atoms with van der Waals surface area (Å²) in [6, 6.07) is 5.90. The second-order valence-electron chi connectivity index (χ2n) is 6.44. The van der Waals surface area contributed by atoms with Gasteiger partial charge in [-0.3, -0.25) is 4.79 Å². The molecule has 0 unspecified atom stereocenters. The molecule has 0 radical (unpaired) electrons. The van der Waals surface area contributed by atoms with Crippen molar-refractivity contribution in [1.29, 1.82) is 0 Å². The minimum Gasteiger partial charge on any atom is -0.493 e. The number of methoxy groups -OCH3 is 2. The number of ether oxygens (including phenoxy) is 2. The number of halogens is 3. The fourth-order valence-electron chi connectivity index (χ4n) is 3.13. The highest BCUT2D eigenvalue weighted by atomic mass is 32.2. The number of nitrogens with zero attached hydrogens (tertiary/aromatic N) is 2. The molecule has 1 aliphatic rings. The van der Waals surface area contributed by atoms with Gasteiger partial charge in [0.25, 0.3) is 5.91 Å². The van der Waals surface area contributed by atoms with Gasteiger partial charge in [0.1, 0.15) is 4.90 Å². The Kier molecular flexibility index (Phi) is 6.22. The quantitative estimate of drug-likeness (QED) is 0.662. The molecule has 0 aliphatic carbocycles. The molecule has 0 spiro atoms. The SMILES string of the molecule is COc1ccc(C(=O)N2CCN(S(=O)(=O)c3ccc(F)c(F)c3F)CC2)cc1OC. The lowest BCUT2D eigenvalue weighted by Gasteiger charge is -2.34. The van der Waals surface area contributed by atoms with E-state index in [4.69, 9.17) is 9.47 Å². The van der Waals surface area contributed by atoms with Crippen molar-refractivity contribution < 1.29 is 35.9 Å². The van der Waals surface area contributed by atoms with Crippen molar-refractivity contribution in [2.24, 2.45) is 0 Å². The first-order valence-electron chi connectivity index (χ1n) is 8.85. The van der Waals surface area contributed by atoms with Gasteiger partial charge in [-0.05, 0) is 30.3 Å². The van der Waals surface area contributed by atoms with Crippen LogP contribution in [0.1, 0.15) is 10.4 Å². The smallest absolute Gasteiger partial charge is 0.254 e. The van der Waals surface area contributed by atoms with Gasteiger partial charge in [-0.15, -0.1) is 0 Å². The molecule has 2 aromatic rings. The fraction of sp³-hybridized carbons (Fsp3) is 0.316. The molecule has 1 saturated heterocycles. The van der Waals surface area contributed by atoms with Crippen LogP contribution in [0, 0.1) is 17.5 Å². The molecule has 0 atom stereocenters. The monoisotopic (exact) mass is 444 g/mol. The minimum atomic E-state index is -4.39. The first kappa shape index (κ1) is 21.9. The highest BCUT2D eigenvalue weighted by molar-refractivity contribution is 7.89. The van der Waals surface area contributed by atoms with E-state index in [-0.39, 0.29) is 32.1 Å². The minimum absolute atomic E-state index is 0.0394. The molecule has 1 amide bonds. The standard InChI is InChI=1S/C19H19F3N2O5S/c1-28-14-5-3-12(11-15(14)29-2)19(25)23-7-9-24(10-8-23)30(26,27)16-6-4-13(20)17(21)18(16)22/h3-6,11H,7-10H2,1-2H3. The molecule has 3 rings (SSSR count). The second kappa shape index (κ2) is 8.52. The van der Waals surface area contributed by atoms with Gasteiger partial charge in [0.15, 0.2) is 29.0 Å². The Morgan fingerprint density at radius 2 is 1.53 bits per heavy atom. The summed E-state index contributed by atoms with van der Waals surface area (Å²) in [5.74, 6) is -4.60. The molecule has 1 fully saturated rings. The van der Waals surface area contributed by atoms with Crippen molar-refractivity contribution in [3.05, 3.63) is 53.3 Å². The van der Waals surface area contributed by atoms with Crippen LogP contribution in [0.2, 0.25) is 0 Å². The third-order valence-corrected chi connectivity index (χ3v) is 6.69. The topological polar surface area (TPSA) is 76.2 Å². The van der Waals surface area contributed by atoms with E-state index in [0.717, 1.165) is 4.31 Å². The van der Waals surface area contributed by atoms with E-state index in [1.165, 1.54) is 25.2 Å². The molecule has 0 aromatic heterocycles. The molecule has 1 heterocycles. The average molecular weight is 444 g/mol. The normalized spacial score (nSPS) is 15.2. The number of hydrogen-bond acceptors (Lipinski definition) is 5. The van der Waals surface area contributed by atoms with E-state index in [1.807, 2.05) is 0 Å². The molecule has 0 saturated carbocycles. The summed E-state index contributed by atoms with van der Waals surface area (Å²) in [5, 5.41) is 0. The van der Waals surface area contributed by atoms with Crippen molar-refractivity contribution in [2.75, 3.05) is 40.4 Å². The van der Waals surface area contributed by atoms with Crippen LogP contribution in [0.15, 0.2) is 35.2 Å². The molecule has 2 aromatic carbocycles. The largest absolute Gasteiger partial charge is 0.493 e. The first-order chi connectivity index (χ1) is 14.2. The number of piperazine rings is 1. The molecule has 11 heteroatoms. The zero-order chi connectivity index (χ0) is 22.1. The Morgan fingerprint density at radius 3 is 2.13 bits per heavy atom. The van der Waals surface area contributed by atoms with E-state index in [0.29, 0.717) is 29.2 Å². The second-order valence-corrected chi connectivity index (χ2v) is 8.35. The van der Waals surface area contributed by atoms with Gasteiger partial charge >= 0.3 is 0 Å². The van der Waals surface area contributed by atoms with E-state index in [1.54, 1.807) is 12.1 Å². The van der Waals surface area contributed by atoms with Gasteiger partial charge in [0.2, 0.25) is 10.0 Å². The first-order valence-corrected chi connectivity index (χ1v) is 10.3. The van der Waals surface area contributed by atoms with Gasteiger partial charge in [0.05, 0.1) is 14.2 Å². The van der Waals surface area contributed by atoms with Crippen LogP contribution in [0.25, 0.3) is 0 Å². The summed E-state index contributed by atoms with van der Waals surface area (Å²) in [5.41, 5.74) is 0.329. The highest BCUT2D eigenvalue weighted by Crippen LogP contribution is 2.29. The molecule has 1 aliphatic heterocycles. The number of hydrogen-bond donors (Lipinski definition) is 0. The van der Waals surface area contributed by atoms with Crippen molar-refractivity contribution in [1.82, 2.24) is 9.21 Å². The van der Waals surface area contributed by atoms with Crippen LogP contribution in [0.3, 0.4) is 0 Å². The lowest BCUT2D eigenvalue weighted by molar-refractivity contribution is 0.0697. The summed E-state index contributed by atoms with van der Waals surface area (Å²) in [6.45, 7) is -0.172. The number of carbonyl (C=O) groups excluding carboxylic acids is 1. The van der Waals surface area contributed by atoms with Gasteiger partial charge in [-0.2, -0.15) is 4.31 Å². The van der Waals surface area contributed by atoms with E-state index in [9.17, 15) is 26.4 Å². The van der Waals surface area contributed by atoms with Crippen LogP contribution >= 0.6 is 0 Å². The van der Waals surface area contributed by atoms with Gasteiger partial charge in [-0.25, -0.2) is 21.6 Å². The summed E-state index contributed by atoms with van der Waals surface area (Å²) in [6.07, 6.45) is 0. The van der Waals surface area contributed by atoms with Crippen molar-refractivity contribution in [3.8, 4) is 11.5 Å². The Balaban J connectivity index is 1.74. The third-order valence-electron chi connectivity index (χ3n) is 4.77. The van der Waals surface area contributed by atoms with E-state index < -0.39 is 32.4 Å². The van der Waals surface area contributed by atoms with Crippen molar-refractivity contribution in [2.45, 2.75) is 4.90 Å². The summed E-state index contributed by atoms with van der Waals surface area (Å²) >= 11 is 0. The maximum atomic E-state index is 14.0. The summed E-state index contributed by atoms with van der Waals surface area (Å²) < 4.78 is 77.0. The summed E-state index contributed by atoms with van der Waals surface area (Å²) in [4.78, 5) is 13.2. The lowest BCUT2D eigenvalue weighted by Crippen LogP contribution is -2.50. The maximum absolute atomic E-state index is 14.0. The van der Waals surface area contributed by atoms with Crippen LogP contribution in [-0.2, 0) is 10.0 Å². The Bertz CT molecular complexity index is 1070. The van der Waals surface area contributed by atoms with Gasteiger partial charge in [0, 0.05) is 31.7 Å². The van der Waals surface area contributed by atoms with Crippen LogP contribution in [0.5, 0.6) is 11.5 Å². The molecule has 7 nitrogen and oxygen atoms in total. The predicted octanol–water partition coefficient (Wildman–Crippen LogP) is 2.27. The fourth-order valence-corrected chi connectivity index (χ4v) is 4.61. The van der Waals surface area contributed by atoms with Gasteiger partial charge < -0.3 is 14.4 Å². The van der Waals surface area contributed by atoms with Gasteiger partial charge in [-0.1, -0.05) is 0 Å². The van der Waals surface area contributed by atoms with Crippen molar-refractivity contribution >= 4 is 15.9 Å². The zero-order valence-electron chi connectivity index (χ0n) is 16.2. The molecular formula is C19H19F3N2O5S. The van der Waals surface area contributed by atoms with Crippen LogP contribution in [-0.4, -0.2) is 63.9 Å². The molecule has 30 heavy (non-hydrogen) atoms.